The molecule has 4 rings (SSSR count). The minimum Gasteiger partial charge on any atom is -0.497 e. The molecular weight excluding hydrogens is 400 g/mol. The Balaban J connectivity index is 1.48. The van der Waals surface area contributed by atoms with Crippen molar-refractivity contribution in [3.8, 4) is 5.75 Å². The Morgan fingerprint density at radius 1 is 1.09 bits per heavy atom. The van der Waals surface area contributed by atoms with Crippen molar-refractivity contribution >= 4 is 5.91 Å². The Labute approximate surface area is 190 Å². The van der Waals surface area contributed by atoms with E-state index in [1.165, 1.54) is 24.0 Å². The molecular formula is C26H32N4O2. The lowest BCUT2D eigenvalue weighted by molar-refractivity contribution is 0.0937. The molecule has 0 radical (unpaired) electrons. The molecule has 1 N–H and O–H groups in total. The molecule has 0 aliphatic carbocycles. The van der Waals surface area contributed by atoms with Gasteiger partial charge < -0.3 is 10.1 Å². The van der Waals surface area contributed by atoms with Crippen molar-refractivity contribution < 1.29 is 9.53 Å². The zero-order valence-electron chi connectivity index (χ0n) is 19.0. The van der Waals surface area contributed by atoms with Crippen molar-refractivity contribution in [3.05, 3.63) is 83.2 Å². The van der Waals surface area contributed by atoms with Crippen LogP contribution in [0, 0.1) is 0 Å². The molecule has 0 saturated carbocycles. The van der Waals surface area contributed by atoms with Gasteiger partial charge in [0.05, 0.1) is 37.2 Å². The van der Waals surface area contributed by atoms with Crippen LogP contribution in [0.15, 0.2) is 60.8 Å². The third kappa shape index (κ3) is 5.02. The first-order valence-electron chi connectivity index (χ1n) is 11.4. The second-order valence-corrected chi connectivity index (χ2v) is 8.24. The summed E-state index contributed by atoms with van der Waals surface area (Å²) in [5.74, 6) is 0.787. The standard InChI is InChI=1S/C26H32N4O2/c1-3-24-23(17-28-30(24)19-20-9-5-4-6-10-20)26(31)27-18-25(29-15-7-8-16-29)21-11-13-22(32-2)14-12-21/h4-6,9-14,17,25H,3,7-8,15-16,18-19H2,1-2H3,(H,27,31). The molecule has 6 heteroatoms. The van der Waals surface area contributed by atoms with Crippen molar-refractivity contribution in [3.63, 3.8) is 0 Å². The fraction of sp³-hybridized carbons (Fsp3) is 0.385. The lowest BCUT2D eigenvalue weighted by Crippen LogP contribution is -2.37. The van der Waals surface area contributed by atoms with Crippen molar-refractivity contribution in [2.75, 3.05) is 26.7 Å². The lowest BCUT2D eigenvalue weighted by Gasteiger charge is -2.28. The number of ether oxygens (including phenoxy) is 1. The van der Waals surface area contributed by atoms with Gasteiger partial charge in [-0.25, -0.2) is 0 Å². The third-order valence-electron chi connectivity index (χ3n) is 6.24. The van der Waals surface area contributed by atoms with E-state index in [1.54, 1.807) is 13.3 Å². The molecule has 1 aromatic heterocycles. The lowest BCUT2D eigenvalue weighted by atomic mass is 10.0. The monoisotopic (exact) mass is 432 g/mol. The molecule has 1 fully saturated rings. The van der Waals surface area contributed by atoms with Crippen LogP contribution < -0.4 is 10.1 Å². The van der Waals surface area contributed by atoms with Crippen molar-refractivity contribution in [1.29, 1.82) is 0 Å². The average Bonchev–Trinajstić information content (AvgIpc) is 3.50. The second-order valence-electron chi connectivity index (χ2n) is 8.24. The molecule has 1 unspecified atom stereocenters. The summed E-state index contributed by atoms with van der Waals surface area (Å²) in [4.78, 5) is 15.6. The van der Waals surface area contributed by atoms with E-state index in [9.17, 15) is 4.79 Å². The van der Waals surface area contributed by atoms with Crippen LogP contribution in [0.1, 0.15) is 53.0 Å². The van der Waals surface area contributed by atoms with Gasteiger partial charge in [-0.2, -0.15) is 5.10 Å². The number of benzene rings is 2. The van der Waals surface area contributed by atoms with Gasteiger partial charge in [0.1, 0.15) is 5.75 Å². The van der Waals surface area contributed by atoms with Gasteiger partial charge in [-0.15, -0.1) is 0 Å². The predicted octanol–water partition coefficient (Wildman–Crippen LogP) is 4.07. The number of carbonyl (C=O) groups excluding carboxylic acids is 1. The average molecular weight is 433 g/mol. The molecule has 32 heavy (non-hydrogen) atoms. The van der Waals surface area contributed by atoms with Crippen LogP contribution in [-0.2, 0) is 13.0 Å². The second kappa shape index (κ2) is 10.5. The largest absolute Gasteiger partial charge is 0.497 e. The van der Waals surface area contributed by atoms with Crippen LogP contribution in [0.3, 0.4) is 0 Å². The summed E-state index contributed by atoms with van der Waals surface area (Å²) in [5, 5.41) is 7.71. The van der Waals surface area contributed by atoms with Crippen LogP contribution >= 0.6 is 0 Å². The summed E-state index contributed by atoms with van der Waals surface area (Å²) in [6, 6.07) is 18.5. The molecule has 1 aliphatic rings. The summed E-state index contributed by atoms with van der Waals surface area (Å²) in [7, 11) is 1.68. The summed E-state index contributed by atoms with van der Waals surface area (Å²) >= 11 is 0. The first-order valence-corrected chi connectivity index (χ1v) is 11.4. The molecule has 0 spiro atoms. The highest BCUT2D eigenvalue weighted by molar-refractivity contribution is 5.95. The van der Waals surface area contributed by atoms with Gasteiger partial charge in [0.2, 0.25) is 0 Å². The summed E-state index contributed by atoms with van der Waals surface area (Å²) in [5.41, 5.74) is 4.00. The molecule has 2 heterocycles. The normalized spacial score (nSPS) is 14.9. The summed E-state index contributed by atoms with van der Waals surface area (Å²) < 4.78 is 7.24. The van der Waals surface area contributed by atoms with E-state index in [0.717, 1.165) is 31.0 Å². The molecule has 1 amide bonds. The van der Waals surface area contributed by atoms with Gasteiger partial charge in [-0.3, -0.25) is 14.4 Å². The Morgan fingerprint density at radius 3 is 2.47 bits per heavy atom. The highest BCUT2D eigenvalue weighted by atomic mass is 16.5. The highest BCUT2D eigenvalue weighted by Gasteiger charge is 2.25. The van der Waals surface area contributed by atoms with E-state index in [-0.39, 0.29) is 11.9 Å². The van der Waals surface area contributed by atoms with Crippen LogP contribution in [-0.4, -0.2) is 47.3 Å². The number of aromatic nitrogens is 2. The molecule has 1 atom stereocenters. The van der Waals surface area contributed by atoms with E-state index < -0.39 is 0 Å². The number of hydrogen-bond acceptors (Lipinski definition) is 4. The van der Waals surface area contributed by atoms with Crippen molar-refractivity contribution in [2.24, 2.45) is 0 Å². The number of likely N-dealkylation sites (tertiary alicyclic amines) is 1. The first kappa shape index (κ1) is 22.1. The van der Waals surface area contributed by atoms with Gasteiger partial charge in [0.25, 0.3) is 5.91 Å². The zero-order chi connectivity index (χ0) is 22.3. The maximum atomic E-state index is 13.1. The maximum absolute atomic E-state index is 13.1. The molecule has 1 aliphatic heterocycles. The quantitative estimate of drug-likeness (QED) is 0.554. The van der Waals surface area contributed by atoms with Gasteiger partial charge in [0, 0.05) is 6.54 Å². The number of carbonyl (C=O) groups is 1. The number of hydrogen-bond donors (Lipinski definition) is 1. The van der Waals surface area contributed by atoms with Crippen molar-refractivity contribution in [2.45, 2.75) is 38.8 Å². The fourth-order valence-electron chi connectivity index (χ4n) is 4.49. The zero-order valence-corrected chi connectivity index (χ0v) is 19.0. The van der Waals surface area contributed by atoms with Gasteiger partial charge in [-0.05, 0) is 55.6 Å². The van der Waals surface area contributed by atoms with Gasteiger partial charge in [0.15, 0.2) is 0 Å². The van der Waals surface area contributed by atoms with Crippen LogP contribution in [0.2, 0.25) is 0 Å². The molecule has 6 nitrogen and oxygen atoms in total. The maximum Gasteiger partial charge on any atom is 0.254 e. The molecule has 168 valence electrons. The smallest absolute Gasteiger partial charge is 0.254 e. The van der Waals surface area contributed by atoms with Gasteiger partial charge >= 0.3 is 0 Å². The minimum absolute atomic E-state index is 0.0566. The predicted molar refractivity (Wildman–Crippen MR) is 126 cm³/mol. The van der Waals surface area contributed by atoms with Gasteiger partial charge in [-0.1, -0.05) is 49.4 Å². The molecule has 3 aromatic rings. The Hall–Kier alpha value is -3.12. The Bertz CT molecular complexity index is 1010. The van der Waals surface area contributed by atoms with E-state index in [4.69, 9.17) is 4.74 Å². The topological polar surface area (TPSA) is 59.4 Å². The van der Waals surface area contributed by atoms with E-state index >= 15 is 0 Å². The van der Waals surface area contributed by atoms with Crippen LogP contribution in [0.25, 0.3) is 0 Å². The van der Waals surface area contributed by atoms with Crippen molar-refractivity contribution in [1.82, 2.24) is 20.0 Å². The van der Waals surface area contributed by atoms with Crippen LogP contribution in [0.4, 0.5) is 0 Å². The number of nitrogens with zero attached hydrogens (tertiary/aromatic N) is 3. The highest BCUT2D eigenvalue weighted by Crippen LogP contribution is 2.26. The van der Waals surface area contributed by atoms with Crippen LogP contribution in [0.5, 0.6) is 5.75 Å². The Morgan fingerprint density at radius 2 is 1.81 bits per heavy atom. The number of nitrogens with one attached hydrogen (secondary N) is 1. The minimum atomic E-state index is -0.0566. The number of rotatable bonds is 9. The number of methoxy groups -OCH3 is 1. The molecule has 2 aromatic carbocycles. The summed E-state index contributed by atoms with van der Waals surface area (Å²) in [6.45, 7) is 5.42. The molecule has 0 bridgehead atoms. The SMILES string of the molecule is CCc1c(C(=O)NCC(c2ccc(OC)cc2)N2CCCC2)cnn1Cc1ccccc1. The summed E-state index contributed by atoms with van der Waals surface area (Å²) in [6.07, 6.45) is 4.86. The first-order chi connectivity index (χ1) is 15.7. The fourth-order valence-corrected chi connectivity index (χ4v) is 4.49. The number of amides is 1. The third-order valence-corrected chi connectivity index (χ3v) is 6.24. The molecule has 1 saturated heterocycles. The van der Waals surface area contributed by atoms with E-state index in [1.807, 2.05) is 35.0 Å². The van der Waals surface area contributed by atoms with E-state index in [0.29, 0.717) is 18.7 Å². The Kier molecular flexibility index (Phi) is 7.22. The van der Waals surface area contributed by atoms with E-state index in [2.05, 4.69) is 46.5 Å².